The van der Waals surface area contributed by atoms with E-state index in [1.54, 1.807) is 18.2 Å². The van der Waals surface area contributed by atoms with Crippen LogP contribution in [0.2, 0.25) is 0 Å². The van der Waals surface area contributed by atoms with E-state index < -0.39 is 11.6 Å². The van der Waals surface area contributed by atoms with Crippen LogP contribution in [0.15, 0.2) is 67.6 Å². The van der Waals surface area contributed by atoms with Crippen LogP contribution in [0.3, 0.4) is 0 Å². The Kier molecular flexibility index (Phi) is 6.74. The van der Waals surface area contributed by atoms with E-state index in [1.807, 2.05) is 7.05 Å². The van der Waals surface area contributed by atoms with Crippen LogP contribution in [0.1, 0.15) is 6.42 Å². The Balaban J connectivity index is 1.51. The Morgan fingerprint density at radius 1 is 1.16 bits per heavy atom. The molecular weight excluding hydrogens is 478 g/mol. The largest absolute Gasteiger partial charge is 0.487 e. The maximum absolute atomic E-state index is 14.3. The van der Waals surface area contributed by atoms with Crippen molar-refractivity contribution in [3.05, 3.63) is 79.3 Å². The Morgan fingerprint density at radius 2 is 1.97 bits per heavy atom. The molecular formula is C27H24F2N6O2. The minimum Gasteiger partial charge on any atom is -0.487 e. The van der Waals surface area contributed by atoms with Gasteiger partial charge in [-0.05, 0) is 49.9 Å². The fraction of sp³-hybridized carbons (Fsp3) is 0.185. The van der Waals surface area contributed by atoms with Crippen LogP contribution in [-0.2, 0) is 4.79 Å². The van der Waals surface area contributed by atoms with E-state index in [-0.39, 0.29) is 23.3 Å². The molecule has 188 valence electrons. The molecule has 1 atom stereocenters. The zero-order valence-corrected chi connectivity index (χ0v) is 20.0. The number of fused-ring (bicyclic) bond motifs is 1. The molecule has 4 aromatic rings. The number of nitrogens with one attached hydrogen (secondary N) is 2. The van der Waals surface area contributed by atoms with Crippen LogP contribution >= 0.6 is 0 Å². The molecule has 1 aliphatic heterocycles. The number of rotatable bonds is 7. The summed E-state index contributed by atoms with van der Waals surface area (Å²) >= 11 is 0. The molecule has 10 heteroatoms. The lowest BCUT2D eigenvalue weighted by Gasteiger charge is -2.18. The molecule has 1 aliphatic rings. The van der Waals surface area contributed by atoms with Crippen molar-refractivity contribution in [2.75, 3.05) is 30.8 Å². The lowest BCUT2D eigenvalue weighted by Crippen LogP contribution is -2.22. The molecule has 1 amide bonds. The zero-order chi connectivity index (χ0) is 25.9. The third kappa shape index (κ3) is 5.24. The second-order valence-corrected chi connectivity index (χ2v) is 8.72. The van der Waals surface area contributed by atoms with Crippen LogP contribution in [0, 0.1) is 11.6 Å². The number of carbonyl (C=O) groups excluding carboxylic acids is 1. The highest BCUT2D eigenvalue weighted by Gasteiger charge is 2.23. The molecule has 5 rings (SSSR count). The van der Waals surface area contributed by atoms with Crippen LogP contribution in [0.25, 0.3) is 22.2 Å². The number of halogens is 2. The Labute approximate surface area is 212 Å². The number of benzene rings is 2. The predicted octanol–water partition coefficient (Wildman–Crippen LogP) is 4.92. The van der Waals surface area contributed by atoms with Crippen LogP contribution in [-0.4, -0.2) is 52.0 Å². The average molecular weight is 503 g/mol. The molecule has 1 fully saturated rings. The monoisotopic (exact) mass is 502 g/mol. The van der Waals surface area contributed by atoms with E-state index in [4.69, 9.17) is 4.74 Å². The van der Waals surface area contributed by atoms with E-state index in [0.29, 0.717) is 33.8 Å². The molecule has 0 spiro atoms. The second-order valence-electron chi connectivity index (χ2n) is 8.72. The summed E-state index contributed by atoms with van der Waals surface area (Å²) in [4.78, 5) is 27.2. The van der Waals surface area contributed by atoms with Gasteiger partial charge in [0.1, 0.15) is 35.6 Å². The first-order valence-corrected chi connectivity index (χ1v) is 11.7. The third-order valence-corrected chi connectivity index (χ3v) is 6.06. The maximum Gasteiger partial charge on any atom is 0.247 e. The Bertz CT molecular complexity index is 1480. The average Bonchev–Trinajstić information content (AvgIpc) is 3.29. The lowest BCUT2D eigenvalue weighted by atomic mass is 10.1. The minimum atomic E-state index is -0.708. The van der Waals surface area contributed by atoms with E-state index >= 15 is 0 Å². The lowest BCUT2D eigenvalue weighted by molar-refractivity contribution is -0.111. The highest BCUT2D eigenvalue weighted by Crippen LogP contribution is 2.35. The smallest absolute Gasteiger partial charge is 0.247 e. The van der Waals surface area contributed by atoms with Gasteiger partial charge < -0.3 is 20.3 Å². The number of anilines is 3. The number of pyridine rings is 1. The molecule has 2 N–H and O–H groups in total. The number of likely N-dealkylation sites (tertiary alicyclic amines) is 1. The Hall–Kier alpha value is -4.44. The predicted molar refractivity (Wildman–Crippen MR) is 138 cm³/mol. The molecule has 0 aliphatic carbocycles. The SMILES string of the molecule is C=CC(=O)Nc1cc2c(Nc3ccnc(-c4c(F)cccc4F)c3)ncnc2cc1O[C@@H]1CCN(C)C1. The van der Waals surface area contributed by atoms with Gasteiger partial charge in [0.25, 0.3) is 0 Å². The molecule has 0 radical (unpaired) electrons. The molecule has 2 aromatic carbocycles. The number of aromatic nitrogens is 3. The summed E-state index contributed by atoms with van der Waals surface area (Å²) in [5, 5.41) is 6.58. The van der Waals surface area contributed by atoms with Crippen LogP contribution in [0.4, 0.5) is 26.0 Å². The summed E-state index contributed by atoms with van der Waals surface area (Å²) < 4.78 is 34.8. The van der Waals surface area contributed by atoms with Crippen molar-refractivity contribution in [2.45, 2.75) is 12.5 Å². The van der Waals surface area contributed by atoms with Gasteiger partial charge in [0.2, 0.25) is 5.91 Å². The molecule has 1 saturated heterocycles. The fourth-order valence-corrected chi connectivity index (χ4v) is 4.26. The highest BCUT2D eigenvalue weighted by atomic mass is 19.1. The summed E-state index contributed by atoms with van der Waals surface area (Å²) in [6.45, 7) is 5.22. The number of nitrogens with zero attached hydrogens (tertiary/aromatic N) is 4. The number of amides is 1. The van der Waals surface area contributed by atoms with Gasteiger partial charge in [0, 0.05) is 36.4 Å². The van der Waals surface area contributed by atoms with Crippen LogP contribution in [0.5, 0.6) is 5.75 Å². The number of ether oxygens (including phenoxy) is 1. The van der Waals surface area contributed by atoms with Gasteiger partial charge in [-0.1, -0.05) is 12.6 Å². The third-order valence-electron chi connectivity index (χ3n) is 6.06. The van der Waals surface area contributed by atoms with Crippen molar-refractivity contribution in [2.24, 2.45) is 0 Å². The first-order chi connectivity index (χ1) is 17.9. The first-order valence-electron chi connectivity index (χ1n) is 11.7. The van der Waals surface area contributed by atoms with E-state index in [0.717, 1.165) is 19.5 Å². The summed E-state index contributed by atoms with van der Waals surface area (Å²) in [6, 6.07) is 10.3. The van der Waals surface area contributed by atoms with Gasteiger partial charge >= 0.3 is 0 Å². The van der Waals surface area contributed by atoms with E-state index in [9.17, 15) is 13.6 Å². The van der Waals surface area contributed by atoms with Crippen molar-refractivity contribution in [3.8, 4) is 17.0 Å². The molecule has 0 saturated carbocycles. The van der Waals surface area contributed by atoms with Crippen molar-refractivity contribution >= 4 is 34.0 Å². The second kappa shape index (κ2) is 10.3. The first kappa shape index (κ1) is 24.3. The summed E-state index contributed by atoms with van der Waals surface area (Å²) in [5.41, 5.74) is 1.47. The number of hydrogen-bond donors (Lipinski definition) is 2. The summed E-state index contributed by atoms with van der Waals surface area (Å²) in [6.07, 6.45) is 4.88. The van der Waals surface area contributed by atoms with Gasteiger partial charge in [-0.15, -0.1) is 0 Å². The van der Waals surface area contributed by atoms with Gasteiger partial charge in [-0.2, -0.15) is 0 Å². The quantitative estimate of drug-likeness (QED) is 0.347. The fourth-order valence-electron chi connectivity index (χ4n) is 4.26. The van der Waals surface area contributed by atoms with Crippen molar-refractivity contribution in [3.63, 3.8) is 0 Å². The van der Waals surface area contributed by atoms with Crippen molar-refractivity contribution < 1.29 is 18.3 Å². The topological polar surface area (TPSA) is 92.3 Å². The number of hydrogen-bond acceptors (Lipinski definition) is 7. The van der Waals surface area contributed by atoms with Gasteiger partial charge in [0.05, 0.1) is 22.5 Å². The number of carbonyl (C=O) groups is 1. The normalized spacial score (nSPS) is 15.5. The van der Waals surface area contributed by atoms with Gasteiger partial charge in [0.15, 0.2) is 0 Å². The molecule has 0 unspecified atom stereocenters. The summed E-state index contributed by atoms with van der Waals surface area (Å²) in [5.74, 6) is -0.877. The molecule has 3 heterocycles. The maximum atomic E-state index is 14.3. The molecule has 8 nitrogen and oxygen atoms in total. The highest BCUT2D eigenvalue weighted by molar-refractivity contribution is 6.03. The molecule has 37 heavy (non-hydrogen) atoms. The molecule has 0 bridgehead atoms. The minimum absolute atomic E-state index is 0.0183. The van der Waals surface area contributed by atoms with Gasteiger partial charge in [-0.3, -0.25) is 9.78 Å². The zero-order valence-electron chi connectivity index (χ0n) is 20.0. The van der Waals surface area contributed by atoms with Crippen molar-refractivity contribution in [1.82, 2.24) is 19.9 Å². The standard InChI is InChI=1S/C27H24F2N6O2/c1-3-25(36)34-22-12-18-21(13-24(22)37-17-8-10-35(2)14-17)31-15-32-27(18)33-16-7-9-30-23(11-16)26-19(28)5-4-6-20(26)29/h3-7,9,11-13,15,17H,1,8,10,14H2,2H3,(H,34,36)(H,30,31,32,33)/t17-/m1/s1. The molecule has 2 aromatic heterocycles. The van der Waals surface area contributed by atoms with Gasteiger partial charge in [-0.25, -0.2) is 18.7 Å². The number of likely N-dealkylation sites (N-methyl/N-ethyl adjacent to an activating group) is 1. The Morgan fingerprint density at radius 3 is 2.70 bits per heavy atom. The van der Waals surface area contributed by atoms with E-state index in [1.165, 1.54) is 42.9 Å². The van der Waals surface area contributed by atoms with Crippen molar-refractivity contribution in [1.29, 1.82) is 0 Å². The van der Waals surface area contributed by atoms with E-state index in [2.05, 4.69) is 37.1 Å². The summed E-state index contributed by atoms with van der Waals surface area (Å²) in [7, 11) is 2.03. The van der Waals surface area contributed by atoms with Crippen LogP contribution < -0.4 is 15.4 Å².